The van der Waals surface area contributed by atoms with Crippen molar-refractivity contribution in [3.05, 3.63) is 76.1 Å². The lowest BCUT2D eigenvalue weighted by molar-refractivity contribution is -0.0197. The number of hydrogen-bond donors (Lipinski definition) is 3. The normalized spacial score (nSPS) is 24.8. The maximum atomic E-state index is 13.9. The molecule has 0 atom stereocenters. The van der Waals surface area contributed by atoms with Crippen LogP contribution in [-0.4, -0.2) is 27.1 Å². The van der Waals surface area contributed by atoms with Crippen molar-refractivity contribution < 1.29 is 9.18 Å². The minimum absolute atomic E-state index is 0.130. The molecule has 31 heavy (non-hydrogen) atoms. The predicted octanol–water partition coefficient (Wildman–Crippen LogP) is 4.00. The monoisotopic (exact) mass is 416 g/mol. The van der Waals surface area contributed by atoms with Crippen LogP contribution in [0.2, 0.25) is 0 Å². The van der Waals surface area contributed by atoms with Gasteiger partial charge in [0.05, 0.1) is 16.6 Å². The molecule has 0 unspecified atom stereocenters. The zero-order valence-electron chi connectivity index (χ0n) is 16.7. The summed E-state index contributed by atoms with van der Waals surface area (Å²) in [5.74, 6) is -0.224. The maximum absolute atomic E-state index is 13.9. The number of aromatic amines is 2. The Kier molecular flexibility index (Phi) is 3.84. The molecule has 6 nitrogen and oxygen atoms in total. The van der Waals surface area contributed by atoms with Gasteiger partial charge in [0.25, 0.3) is 11.5 Å². The molecule has 1 amide bonds. The lowest BCUT2D eigenvalue weighted by Gasteiger charge is -2.57. The Morgan fingerprint density at radius 2 is 1.84 bits per heavy atom. The summed E-state index contributed by atoms with van der Waals surface area (Å²) in [6, 6.07) is 14.2. The lowest BCUT2D eigenvalue weighted by Crippen LogP contribution is -2.55. The van der Waals surface area contributed by atoms with Crippen LogP contribution in [0.1, 0.15) is 47.8 Å². The van der Waals surface area contributed by atoms with Crippen LogP contribution in [0.25, 0.3) is 21.7 Å². The summed E-state index contributed by atoms with van der Waals surface area (Å²) in [6.45, 7) is 0. The molecule has 4 aromatic rings. The van der Waals surface area contributed by atoms with E-state index in [2.05, 4.69) is 20.5 Å². The second-order valence-corrected chi connectivity index (χ2v) is 9.05. The Morgan fingerprint density at radius 3 is 2.61 bits per heavy atom. The van der Waals surface area contributed by atoms with E-state index in [-0.39, 0.29) is 28.7 Å². The van der Waals surface area contributed by atoms with E-state index in [0.29, 0.717) is 27.9 Å². The summed E-state index contributed by atoms with van der Waals surface area (Å²) in [5, 5.41) is 12.4. The molecule has 1 spiro atoms. The number of para-hydroxylation sites is 1. The Hall–Kier alpha value is -3.48. The number of fused-ring (bicyclic) bond motifs is 2. The maximum Gasteiger partial charge on any atom is 0.272 e. The summed E-state index contributed by atoms with van der Waals surface area (Å²) in [5.41, 5.74) is 1.80. The average molecular weight is 416 g/mol. The molecule has 0 aliphatic heterocycles. The summed E-state index contributed by atoms with van der Waals surface area (Å²) in [6.07, 6.45) is 3.90. The van der Waals surface area contributed by atoms with Gasteiger partial charge in [0.2, 0.25) is 0 Å². The Balaban J connectivity index is 1.11. The highest BCUT2D eigenvalue weighted by atomic mass is 19.1. The highest BCUT2D eigenvalue weighted by Gasteiger charge is 2.54. The van der Waals surface area contributed by atoms with Crippen molar-refractivity contribution in [1.82, 2.24) is 20.5 Å². The predicted molar refractivity (Wildman–Crippen MR) is 116 cm³/mol. The summed E-state index contributed by atoms with van der Waals surface area (Å²) < 4.78 is 13.9. The number of nitrogens with zero attached hydrogens (tertiary/aromatic N) is 1. The van der Waals surface area contributed by atoms with Crippen LogP contribution in [0.3, 0.4) is 0 Å². The first-order valence-corrected chi connectivity index (χ1v) is 10.6. The van der Waals surface area contributed by atoms with Crippen LogP contribution in [0.5, 0.6) is 0 Å². The molecular formula is C24H21FN4O2. The number of carbonyl (C=O) groups is 1. The van der Waals surface area contributed by atoms with E-state index in [0.717, 1.165) is 36.8 Å². The zero-order chi connectivity index (χ0) is 21.2. The van der Waals surface area contributed by atoms with Gasteiger partial charge in [-0.25, -0.2) is 9.49 Å². The molecule has 156 valence electrons. The van der Waals surface area contributed by atoms with Crippen molar-refractivity contribution in [2.75, 3.05) is 0 Å². The van der Waals surface area contributed by atoms with E-state index < -0.39 is 0 Å². The molecule has 2 fully saturated rings. The molecule has 2 aliphatic rings. The summed E-state index contributed by atoms with van der Waals surface area (Å²) in [4.78, 5) is 27.5. The Labute approximate surface area is 176 Å². The Morgan fingerprint density at radius 1 is 1.06 bits per heavy atom. The van der Waals surface area contributed by atoms with Crippen molar-refractivity contribution in [2.24, 2.45) is 5.41 Å². The Bertz CT molecular complexity index is 1390. The molecular weight excluding hydrogens is 395 g/mol. The fourth-order valence-electron chi connectivity index (χ4n) is 5.55. The molecule has 0 radical (unpaired) electrons. The molecule has 0 saturated heterocycles. The first-order valence-electron chi connectivity index (χ1n) is 10.6. The van der Waals surface area contributed by atoms with Crippen LogP contribution in [0.15, 0.2) is 53.3 Å². The highest BCUT2D eigenvalue weighted by molar-refractivity contribution is 5.98. The molecule has 7 heteroatoms. The average Bonchev–Trinajstić information content (AvgIpc) is 3.16. The van der Waals surface area contributed by atoms with E-state index >= 15 is 0 Å². The van der Waals surface area contributed by atoms with Crippen molar-refractivity contribution in [2.45, 2.75) is 37.6 Å². The van der Waals surface area contributed by atoms with E-state index in [1.807, 2.05) is 24.3 Å². The van der Waals surface area contributed by atoms with Gasteiger partial charge in [-0.3, -0.25) is 9.59 Å². The topological polar surface area (TPSA) is 90.6 Å². The van der Waals surface area contributed by atoms with Gasteiger partial charge in [0.15, 0.2) is 0 Å². The smallest absolute Gasteiger partial charge is 0.272 e. The molecule has 2 aromatic carbocycles. The number of benzene rings is 2. The minimum atomic E-state index is -0.358. The quantitative estimate of drug-likeness (QED) is 0.472. The standard InChI is InChI=1S/C24H21FN4O2/c25-18-7-3-4-13-8-19(27-21(13)18)23(31)26-15-11-24(12-15)9-14(10-24)20-16-5-1-2-6-17(16)22(30)29-28-20/h1-8,14-15,27H,9-12H2,(H,26,31)(H,29,30)/t14-,15-,24?. The van der Waals surface area contributed by atoms with Gasteiger partial charge in [-0.2, -0.15) is 5.10 Å². The zero-order valence-corrected chi connectivity index (χ0v) is 16.7. The van der Waals surface area contributed by atoms with Crippen molar-refractivity contribution in [3.8, 4) is 0 Å². The van der Waals surface area contributed by atoms with Crippen molar-refractivity contribution >= 4 is 27.6 Å². The molecule has 2 saturated carbocycles. The van der Waals surface area contributed by atoms with Gasteiger partial charge < -0.3 is 10.3 Å². The molecule has 2 aliphatic carbocycles. The van der Waals surface area contributed by atoms with Gasteiger partial charge >= 0.3 is 0 Å². The largest absolute Gasteiger partial charge is 0.348 e. The third-order valence-electron chi connectivity index (χ3n) is 7.02. The number of H-pyrrole nitrogens is 2. The SMILES string of the molecule is O=C(N[C@H]1CC2(C1)C[C@H](c1n[nH]c(=O)c3ccccc31)C2)c1cc2cccc(F)c2[nH]1. The third kappa shape index (κ3) is 2.87. The third-order valence-corrected chi connectivity index (χ3v) is 7.02. The first kappa shape index (κ1) is 18.3. The summed E-state index contributed by atoms with van der Waals surface area (Å²) in [7, 11) is 0. The van der Waals surface area contributed by atoms with Gasteiger partial charge in [-0.1, -0.05) is 30.3 Å². The second kappa shape index (κ2) is 6.51. The van der Waals surface area contributed by atoms with Crippen LogP contribution in [0, 0.1) is 11.2 Å². The fourth-order valence-corrected chi connectivity index (χ4v) is 5.55. The molecule has 0 bridgehead atoms. The molecule has 3 N–H and O–H groups in total. The van der Waals surface area contributed by atoms with Crippen LogP contribution in [-0.2, 0) is 0 Å². The van der Waals surface area contributed by atoms with Gasteiger partial charge in [-0.15, -0.1) is 0 Å². The highest BCUT2D eigenvalue weighted by Crippen LogP contribution is 2.62. The number of halogens is 1. The van der Waals surface area contributed by atoms with Gasteiger partial charge in [0.1, 0.15) is 11.5 Å². The lowest BCUT2D eigenvalue weighted by atomic mass is 9.49. The molecule has 2 aromatic heterocycles. The molecule has 6 rings (SSSR count). The number of hydrogen-bond acceptors (Lipinski definition) is 3. The van der Waals surface area contributed by atoms with Gasteiger partial charge in [0, 0.05) is 22.7 Å². The number of amides is 1. The number of rotatable bonds is 3. The van der Waals surface area contributed by atoms with Crippen LogP contribution >= 0.6 is 0 Å². The van der Waals surface area contributed by atoms with Gasteiger partial charge in [-0.05, 0) is 49.3 Å². The second-order valence-electron chi connectivity index (χ2n) is 9.05. The number of carbonyl (C=O) groups excluding carboxylic acids is 1. The first-order chi connectivity index (χ1) is 15.0. The van der Waals surface area contributed by atoms with Crippen molar-refractivity contribution in [1.29, 1.82) is 0 Å². The summed E-state index contributed by atoms with van der Waals surface area (Å²) >= 11 is 0. The minimum Gasteiger partial charge on any atom is -0.348 e. The van der Waals surface area contributed by atoms with E-state index in [4.69, 9.17) is 0 Å². The van der Waals surface area contributed by atoms with E-state index in [1.165, 1.54) is 6.07 Å². The number of aromatic nitrogens is 3. The van der Waals surface area contributed by atoms with Crippen molar-refractivity contribution in [3.63, 3.8) is 0 Å². The van der Waals surface area contributed by atoms with E-state index in [1.54, 1.807) is 18.2 Å². The van der Waals surface area contributed by atoms with Crippen LogP contribution < -0.4 is 10.9 Å². The molecule has 2 heterocycles. The van der Waals surface area contributed by atoms with Crippen LogP contribution in [0.4, 0.5) is 4.39 Å². The fraction of sp³-hybridized carbons (Fsp3) is 0.292. The number of nitrogens with one attached hydrogen (secondary N) is 3. The van der Waals surface area contributed by atoms with E-state index in [9.17, 15) is 14.0 Å².